The monoisotopic (exact) mass is 633 g/mol. The van der Waals surface area contributed by atoms with Gasteiger partial charge < -0.3 is 24.4 Å². The zero-order valence-corrected chi connectivity index (χ0v) is 25.7. The van der Waals surface area contributed by atoms with Gasteiger partial charge in [-0.1, -0.05) is 23.8 Å². The molecule has 1 fully saturated rings. The van der Waals surface area contributed by atoms with Gasteiger partial charge in [-0.2, -0.15) is 13.2 Å². The number of hydrogen-bond donors (Lipinski definition) is 2. The number of nitrogens with zero attached hydrogens (tertiary/aromatic N) is 2. The van der Waals surface area contributed by atoms with Gasteiger partial charge in [0.25, 0.3) is 0 Å². The van der Waals surface area contributed by atoms with Gasteiger partial charge >= 0.3 is 12.3 Å². The van der Waals surface area contributed by atoms with Gasteiger partial charge in [0.15, 0.2) is 11.5 Å². The highest BCUT2D eigenvalue weighted by atomic mass is 32.2. The van der Waals surface area contributed by atoms with Crippen molar-refractivity contribution in [2.45, 2.75) is 69.5 Å². The van der Waals surface area contributed by atoms with Gasteiger partial charge in [-0.15, -0.1) is 0 Å². The van der Waals surface area contributed by atoms with Crippen LogP contribution in [-0.2, 0) is 20.9 Å². The molecule has 2 aliphatic heterocycles. The fourth-order valence-electron chi connectivity index (χ4n) is 5.30. The normalized spacial score (nSPS) is 20.4. The maximum absolute atomic E-state index is 13.6. The van der Waals surface area contributed by atoms with Crippen LogP contribution in [0.25, 0.3) is 0 Å². The Labute approximate surface area is 254 Å². The number of benzene rings is 3. The molecular weight excluding hydrogens is 599 g/mol. The van der Waals surface area contributed by atoms with E-state index in [-0.39, 0.29) is 35.2 Å². The van der Waals surface area contributed by atoms with Crippen LogP contribution in [0.5, 0.6) is 11.5 Å². The second-order valence-electron chi connectivity index (χ2n) is 12.1. The number of aliphatic hydroxyl groups excluding tert-OH is 1. The van der Waals surface area contributed by atoms with Crippen molar-refractivity contribution in [3.63, 3.8) is 0 Å². The van der Waals surface area contributed by atoms with Crippen LogP contribution in [-0.4, -0.2) is 61.4 Å². The lowest BCUT2D eigenvalue weighted by atomic mass is 9.94. The Morgan fingerprint density at radius 2 is 1.52 bits per heavy atom. The number of likely N-dealkylation sites (tertiary alicyclic amines) is 1. The Kier molecular flexibility index (Phi) is 8.10. The molecule has 3 atom stereocenters. The number of nitrogens with one attached hydrogen (secondary N) is 1. The average Bonchev–Trinajstić information content (AvgIpc) is 2.91. The number of alkyl halides is 3. The van der Waals surface area contributed by atoms with Crippen molar-refractivity contribution < 1.29 is 41.0 Å². The molecule has 0 bridgehead atoms. The Hall–Kier alpha value is -3.81. The molecule has 13 heteroatoms. The van der Waals surface area contributed by atoms with Gasteiger partial charge in [-0.05, 0) is 82.6 Å². The average molecular weight is 634 g/mol. The maximum atomic E-state index is 13.6. The highest BCUT2D eigenvalue weighted by Gasteiger charge is 2.46. The number of halogens is 3. The fourth-order valence-corrected chi connectivity index (χ4v) is 6.55. The highest BCUT2D eigenvalue weighted by Crippen LogP contribution is 2.50. The van der Waals surface area contributed by atoms with Crippen LogP contribution < -0.4 is 14.4 Å². The molecule has 0 aromatic heterocycles. The quantitative estimate of drug-likeness (QED) is 0.369. The molecule has 236 valence electrons. The van der Waals surface area contributed by atoms with Crippen molar-refractivity contribution in [2.75, 3.05) is 18.0 Å². The zero-order chi connectivity index (χ0) is 32.2. The van der Waals surface area contributed by atoms with Crippen LogP contribution in [0.1, 0.15) is 37.5 Å². The summed E-state index contributed by atoms with van der Waals surface area (Å²) < 4.78 is 81.8. The number of rotatable bonds is 4. The minimum Gasteiger partial charge on any atom is -0.453 e. The number of piperidine rings is 1. The molecule has 0 unspecified atom stereocenters. The van der Waals surface area contributed by atoms with E-state index in [2.05, 4.69) is 4.72 Å². The molecule has 0 radical (unpaired) electrons. The van der Waals surface area contributed by atoms with E-state index in [9.17, 15) is 31.5 Å². The standard InChI is InChI=1S/C31H34F3N3O6S/c1-18-6-10-21(11-7-18)44(40,41)35-22-16-36(29(39)43-30(3,4)5)17-25(28(22)38)37-23-12-8-19(2)14-26(23)42-27-15-20(31(32,33)34)9-13-24(27)37/h6-15,22,25,28,35,38H,16-17H2,1-5H3/t22-,25+,28+/m1/s1. The van der Waals surface area contributed by atoms with Gasteiger partial charge in [-0.25, -0.2) is 17.9 Å². The topological polar surface area (TPSA) is 108 Å². The lowest BCUT2D eigenvalue weighted by molar-refractivity contribution is -0.137. The molecule has 0 saturated carbocycles. The summed E-state index contributed by atoms with van der Waals surface area (Å²) >= 11 is 0. The first kappa shape index (κ1) is 31.6. The van der Waals surface area contributed by atoms with Gasteiger partial charge in [0.2, 0.25) is 10.0 Å². The van der Waals surface area contributed by atoms with Crippen molar-refractivity contribution in [1.82, 2.24) is 9.62 Å². The van der Waals surface area contributed by atoms with Crippen molar-refractivity contribution in [3.05, 3.63) is 77.4 Å². The number of carbonyl (C=O) groups excluding carboxylic acids is 1. The number of ether oxygens (including phenoxy) is 2. The summed E-state index contributed by atoms with van der Waals surface area (Å²) in [5, 5.41) is 11.8. The smallest absolute Gasteiger partial charge is 0.416 e. The summed E-state index contributed by atoms with van der Waals surface area (Å²) in [5.74, 6) is 0.145. The van der Waals surface area contributed by atoms with Crippen LogP contribution >= 0.6 is 0 Å². The molecule has 5 rings (SSSR count). The fraction of sp³-hybridized carbons (Fsp3) is 0.387. The minimum atomic E-state index is -4.63. The SMILES string of the molecule is Cc1ccc(S(=O)(=O)N[C@@H]2CN(C(=O)OC(C)(C)C)C[C@H](N3c4ccc(C)cc4Oc4cc(C(F)(F)F)ccc43)[C@H]2O)cc1. The summed E-state index contributed by atoms with van der Waals surface area (Å²) in [4.78, 5) is 16.2. The van der Waals surface area contributed by atoms with E-state index in [1.54, 1.807) is 62.9 Å². The Bertz CT molecular complexity index is 1670. The third-order valence-corrected chi connectivity index (χ3v) is 8.90. The molecule has 44 heavy (non-hydrogen) atoms. The van der Waals surface area contributed by atoms with Crippen LogP contribution in [0, 0.1) is 13.8 Å². The van der Waals surface area contributed by atoms with E-state index in [1.165, 1.54) is 23.1 Å². The first-order valence-corrected chi connectivity index (χ1v) is 15.5. The van der Waals surface area contributed by atoms with E-state index < -0.39 is 51.6 Å². The second kappa shape index (κ2) is 11.3. The van der Waals surface area contributed by atoms with E-state index in [0.29, 0.717) is 5.69 Å². The molecule has 0 aliphatic carbocycles. The van der Waals surface area contributed by atoms with Crippen molar-refractivity contribution in [3.8, 4) is 11.5 Å². The molecule has 2 heterocycles. The van der Waals surface area contributed by atoms with Crippen LogP contribution in [0.3, 0.4) is 0 Å². The zero-order valence-electron chi connectivity index (χ0n) is 24.8. The first-order chi connectivity index (χ1) is 20.4. The van der Waals surface area contributed by atoms with Crippen molar-refractivity contribution in [2.24, 2.45) is 0 Å². The largest absolute Gasteiger partial charge is 0.453 e. The third kappa shape index (κ3) is 6.49. The molecule has 9 nitrogen and oxygen atoms in total. The first-order valence-electron chi connectivity index (χ1n) is 14.0. The number of aryl methyl sites for hydroxylation is 2. The minimum absolute atomic E-state index is 0.0292. The number of hydrogen-bond acceptors (Lipinski definition) is 7. The summed E-state index contributed by atoms with van der Waals surface area (Å²) in [7, 11) is -4.15. The molecule has 2 N–H and O–H groups in total. The molecule has 1 saturated heterocycles. The Morgan fingerprint density at radius 1 is 0.932 bits per heavy atom. The lowest BCUT2D eigenvalue weighted by Crippen LogP contribution is -2.66. The Morgan fingerprint density at radius 3 is 2.14 bits per heavy atom. The van der Waals surface area contributed by atoms with Gasteiger partial charge in [-0.3, -0.25) is 0 Å². The van der Waals surface area contributed by atoms with Gasteiger partial charge in [0.05, 0.1) is 40.0 Å². The van der Waals surface area contributed by atoms with E-state index in [0.717, 1.165) is 23.3 Å². The maximum Gasteiger partial charge on any atom is 0.416 e. The predicted molar refractivity (Wildman–Crippen MR) is 158 cm³/mol. The summed E-state index contributed by atoms with van der Waals surface area (Å²) in [6.07, 6.45) is -6.79. The van der Waals surface area contributed by atoms with E-state index >= 15 is 0 Å². The number of amides is 1. The van der Waals surface area contributed by atoms with Crippen molar-refractivity contribution >= 4 is 27.5 Å². The van der Waals surface area contributed by atoms with Crippen LogP contribution in [0.4, 0.5) is 29.3 Å². The molecule has 3 aromatic rings. The van der Waals surface area contributed by atoms with E-state index in [1.807, 2.05) is 6.92 Å². The number of sulfonamides is 1. The van der Waals surface area contributed by atoms with Crippen LogP contribution in [0.15, 0.2) is 65.6 Å². The molecule has 0 spiro atoms. The number of aliphatic hydroxyl groups is 1. The number of fused-ring (bicyclic) bond motifs is 2. The van der Waals surface area contributed by atoms with E-state index in [4.69, 9.17) is 9.47 Å². The summed E-state index contributed by atoms with van der Waals surface area (Å²) in [5.41, 5.74) is 0.482. The molecule has 2 aliphatic rings. The summed E-state index contributed by atoms with van der Waals surface area (Å²) in [6, 6.07) is 12.1. The Balaban J connectivity index is 1.60. The number of anilines is 2. The lowest BCUT2D eigenvalue weighted by Gasteiger charge is -2.48. The van der Waals surface area contributed by atoms with Crippen LogP contribution in [0.2, 0.25) is 0 Å². The molecular formula is C31H34F3N3O6S. The van der Waals surface area contributed by atoms with Gasteiger partial charge in [0.1, 0.15) is 5.60 Å². The summed E-state index contributed by atoms with van der Waals surface area (Å²) in [6.45, 7) is 8.32. The predicted octanol–water partition coefficient (Wildman–Crippen LogP) is 5.89. The third-order valence-electron chi connectivity index (χ3n) is 7.39. The molecule has 1 amide bonds. The van der Waals surface area contributed by atoms with Gasteiger partial charge in [0, 0.05) is 13.1 Å². The molecule has 3 aromatic carbocycles. The number of carbonyl (C=O) groups is 1. The van der Waals surface area contributed by atoms with Crippen molar-refractivity contribution in [1.29, 1.82) is 0 Å². The second-order valence-corrected chi connectivity index (χ2v) is 13.8. The highest BCUT2D eigenvalue weighted by molar-refractivity contribution is 7.89.